The Balaban J connectivity index is 2.01. The van der Waals surface area contributed by atoms with Gasteiger partial charge in [0.05, 0.1) is 5.69 Å². The Morgan fingerprint density at radius 1 is 1.35 bits per heavy atom. The molecule has 0 bridgehead atoms. The largest absolute Gasteiger partial charge is 0.303 e. The Morgan fingerprint density at radius 3 is 2.83 bits per heavy atom. The van der Waals surface area contributed by atoms with Crippen molar-refractivity contribution in [2.45, 2.75) is 13.3 Å². The zero-order chi connectivity index (χ0) is 16.0. The number of H-pyrrole nitrogens is 1. The van der Waals surface area contributed by atoms with Crippen molar-refractivity contribution in [2.75, 3.05) is 0 Å². The van der Waals surface area contributed by atoms with Gasteiger partial charge in [-0.05, 0) is 18.6 Å². The van der Waals surface area contributed by atoms with Gasteiger partial charge in [-0.3, -0.25) is 4.79 Å². The molecule has 6 heteroatoms. The minimum Gasteiger partial charge on any atom is -0.303 e. The molecule has 0 saturated heterocycles. The second kappa shape index (κ2) is 5.21. The SMILES string of the molecule is CCc1nc(C2=CC=C2)n2nc(-c3cccc(Cl)c3)[nH]c(=O)c12. The molecule has 0 atom stereocenters. The Kier molecular flexibility index (Phi) is 3.16. The number of halogens is 1. The number of aromatic amines is 1. The van der Waals surface area contributed by atoms with Crippen LogP contribution in [0.4, 0.5) is 0 Å². The van der Waals surface area contributed by atoms with Gasteiger partial charge in [-0.1, -0.05) is 48.9 Å². The summed E-state index contributed by atoms with van der Waals surface area (Å²) >= 11 is 6.04. The lowest BCUT2D eigenvalue weighted by molar-refractivity contribution is 0.874. The van der Waals surface area contributed by atoms with Crippen molar-refractivity contribution in [2.24, 2.45) is 0 Å². The lowest BCUT2D eigenvalue weighted by atomic mass is 10.1. The summed E-state index contributed by atoms with van der Waals surface area (Å²) in [7, 11) is 0. The van der Waals surface area contributed by atoms with E-state index < -0.39 is 0 Å². The minimum atomic E-state index is -0.200. The van der Waals surface area contributed by atoms with Crippen LogP contribution in [0.1, 0.15) is 18.4 Å². The first-order valence-electron chi connectivity index (χ1n) is 7.34. The van der Waals surface area contributed by atoms with E-state index in [1.54, 1.807) is 16.6 Å². The van der Waals surface area contributed by atoms with Crippen LogP contribution in [0.3, 0.4) is 0 Å². The summed E-state index contributed by atoms with van der Waals surface area (Å²) < 4.78 is 1.63. The van der Waals surface area contributed by atoms with Crippen LogP contribution < -0.4 is 5.56 Å². The van der Waals surface area contributed by atoms with Crippen molar-refractivity contribution in [3.05, 3.63) is 69.4 Å². The first kappa shape index (κ1) is 14.0. The summed E-state index contributed by atoms with van der Waals surface area (Å²) in [5, 5.41) is 5.18. The minimum absolute atomic E-state index is 0.200. The lowest BCUT2D eigenvalue weighted by Gasteiger charge is -2.07. The second-order valence-corrected chi connectivity index (χ2v) is 5.73. The monoisotopic (exact) mass is 324 g/mol. The van der Waals surface area contributed by atoms with Gasteiger partial charge in [0.1, 0.15) is 0 Å². The van der Waals surface area contributed by atoms with Gasteiger partial charge in [-0.25, -0.2) is 9.50 Å². The number of hydrogen-bond donors (Lipinski definition) is 1. The molecule has 0 saturated carbocycles. The normalized spacial score (nSPS) is 13.2. The Morgan fingerprint density at radius 2 is 2.17 bits per heavy atom. The van der Waals surface area contributed by atoms with Crippen LogP contribution in [-0.4, -0.2) is 19.6 Å². The van der Waals surface area contributed by atoms with Gasteiger partial charge in [0.25, 0.3) is 5.56 Å². The molecule has 3 aromatic rings. The summed E-state index contributed by atoms with van der Waals surface area (Å²) in [6, 6.07) is 7.23. The number of aryl methyl sites for hydroxylation is 1. The van der Waals surface area contributed by atoms with Crippen LogP contribution >= 0.6 is 11.6 Å². The predicted molar refractivity (Wildman–Crippen MR) is 90.5 cm³/mol. The zero-order valence-electron chi connectivity index (χ0n) is 12.4. The van der Waals surface area contributed by atoms with Gasteiger partial charge < -0.3 is 4.98 Å². The first-order chi connectivity index (χ1) is 11.2. The molecule has 0 unspecified atom stereocenters. The molecule has 1 aromatic carbocycles. The number of aromatic nitrogens is 4. The molecule has 23 heavy (non-hydrogen) atoms. The highest BCUT2D eigenvalue weighted by Gasteiger charge is 2.19. The van der Waals surface area contributed by atoms with E-state index in [9.17, 15) is 4.79 Å². The van der Waals surface area contributed by atoms with E-state index in [1.807, 2.05) is 37.3 Å². The van der Waals surface area contributed by atoms with Crippen molar-refractivity contribution in [1.29, 1.82) is 0 Å². The summed E-state index contributed by atoms with van der Waals surface area (Å²) in [5.74, 6) is 1.16. The Labute approximate surface area is 137 Å². The topological polar surface area (TPSA) is 63.1 Å². The van der Waals surface area contributed by atoms with E-state index in [4.69, 9.17) is 11.6 Å². The molecule has 5 nitrogen and oxygen atoms in total. The van der Waals surface area contributed by atoms with Gasteiger partial charge in [-0.15, -0.1) is 5.10 Å². The molecule has 0 radical (unpaired) electrons. The van der Waals surface area contributed by atoms with E-state index in [0.29, 0.717) is 28.6 Å². The highest BCUT2D eigenvalue weighted by Crippen LogP contribution is 2.24. The molecule has 2 aromatic heterocycles. The fourth-order valence-corrected chi connectivity index (χ4v) is 2.80. The third-order valence-corrected chi connectivity index (χ3v) is 4.05. The Bertz CT molecular complexity index is 1040. The number of benzene rings is 1. The number of hydrogen-bond acceptors (Lipinski definition) is 3. The van der Waals surface area contributed by atoms with Crippen LogP contribution in [0, 0.1) is 0 Å². The maximum atomic E-state index is 12.6. The van der Waals surface area contributed by atoms with Crippen molar-refractivity contribution < 1.29 is 0 Å². The molecule has 4 rings (SSSR count). The molecule has 0 amide bonds. The van der Waals surface area contributed by atoms with E-state index in [-0.39, 0.29) is 5.56 Å². The van der Waals surface area contributed by atoms with Crippen LogP contribution in [0.25, 0.3) is 22.5 Å². The highest BCUT2D eigenvalue weighted by molar-refractivity contribution is 6.30. The predicted octanol–water partition coefficient (Wildman–Crippen LogP) is 3.25. The van der Waals surface area contributed by atoms with Gasteiger partial charge >= 0.3 is 0 Å². The molecule has 0 fully saturated rings. The second-order valence-electron chi connectivity index (χ2n) is 5.29. The average Bonchev–Trinajstić information content (AvgIpc) is 2.85. The third kappa shape index (κ3) is 2.21. The van der Waals surface area contributed by atoms with Gasteiger partial charge in [0.15, 0.2) is 17.2 Å². The van der Waals surface area contributed by atoms with Crippen molar-refractivity contribution in [1.82, 2.24) is 19.6 Å². The summed E-state index contributed by atoms with van der Waals surface area (Å²) in [6.07, 6.45) is 6.52. The molecule has 1 aliphatic rings. The van der Waals surface area contributed by atoms with Gasteiger partial charge in [0.2, 0.25) is 0 Å². The molecular formula is C17H13ClN4O. The maximum Gasteiger partial charge on any atom is 0.277 e. The number of allylic oxidation sites excluding steroid dienone is 4. The molecule has 114 valence electrons. The average molecular weight is 325 g/mol. The lowest BCUT2D eigenvalue weighted by Crippen LogP contribution is -2.15. The number of nitrogens with one attached hydrogen (secondary N) is 1. The quantitative estimate of drug-likeness (QED) is 0.804. The standard InChI is InChI=1S/C17H13ClN4O/c1-2-13-14-17(23)20-15(11-7-4-8-12(18)9-11)21-22(14)16(19-13)10-5-3-6-10/h3-9H,2H2,1H3,(H,20,21,23). The molecule has 0 spiro atoms. The fourth-order valence-electron chi connectivity index (χ4n) is 2.61. The van der Waals surface area contributed by atoms with E-state index in [0.717, 1.165) is 16.8 Å². The van der Waals surface area contributed by atoms with Crippen molar-refractivity contribution in [3.63, 3.8) is 0 Å². The Hall–Kier alpha value is -2.66. The van der Waals surface area contributed by atoms with Crippen LogP contribution in [-0.2, 0) is 6.42 Å². The molecular weight excluding hydrogens is 312 g/mol. The summed E-state index contributed by atoms with van der Waals surface area (Å²) in [4.78, 5) is 20.0. The third-order valence-electron chi connectivity index (χ3n) is 3.82. The zero-order valence-corrected chi connectivity index (χ0v) is 13.1. The molecule has 1 N–H and O–H groups in total. The molecule has 2 heterocycles. The van der Waals surface area contributed by atoms with Crippen molar-refractivity contribution in [3.8, 4) is 11.4 Å². The van der Waals surface area contributed by atoms with Crippen LogP contribution in [0.2, 0.25) is 5.02 Å². The molecule has 0 aliphatic heterocycles. The highest BCUT2D eigenvalue weighted by atomic mass is 35.5. The van der Waals surface area contributed by atoms with Gasteiger partial charge in [-0.2, -0.15) is 0 Å². The van der Waals surface area contributed by atoms with E-state index in [1.165, 1.54) is 0 Å². The summed E-state index contributed by atoms with van der Waals surface area (Å²) in [6.45, 7) is 1.97. The maximum absolute atomic E-state index is 12.6. The fraction of sp³-hybridized carbons (Fsp3) is 0.118. The molecule has 1 aliphatic carbocycles. The summed E-state index contributed by atoms with van der Waals surface area (Å²) in [5.41, 5.74) is 2.76. The number of rotatable bonds is 3. The number of fused-ring (bicyclic) bond motifs is 1. The van der Waals surface area contributed by atoms with E-state index >= 15 is 0 Å². The number of imidazole rings is 1. The van der Waals surface area contributed by atoms with Gasteiger partial charge in [0, 0.05) is 16.2 Å². The van der Waals surface area contributed by atoms with Crippen LogP contribution in [0.15, 0.2) is 47.3 Å². The van der Waals surface area contributed by atoms with Crippen LogP contribution in [0.5, 0.6) is 0 Å². The van der Waals surface area contributed by atoms with E-state index in [2.05, 4.69) is 15.1 Å². The smallest absolute Gasteiger partial charge is 0.277 e. The first-order valence-corrected chi connectivity index (χ1v) is 7.72. The number of nitrogens with zero attached hydrogens (tertiary/aromatic N) is 3. The van der Waals surface area contributed by atoms with Crippen molar-refractivity contribution >= 4 is 22.7 Å².